The van der Waals surface area contributed by atoms with Crippen molar-refractivity contribution in [3.63, 3.8) is 0 Å². The van der Waals surface area contributed by atoms with E-state index in [9.17, 15) is 10.1 Å². The third-order valence-electron chi connectivity index (χ3n) is 1.97. The van der Waals surface area contributed by atoms with Gasteiger partial charge in [-0.15, -0.1) is 0 Å². The van der Waals surface area contributed by atoms with Crippen molar-refractivity contribution in [1.29, 1.82) is 0 Å². The van der Waals surface area contributed by atoms with E-state index < -0.39 is 0 Å². The van der Waals surface area contributed by atoms with Crippen molar-refractivity contribution in [2.75, 3.05) is 0 Å². The van der Waals surface area contributed by atoms with E-state index in [1.54, 1.807) is 13.0 Å². The number of hydrogen-bond acceptors (Lipinski definition) is 2. The van der Waals surface area contributed by atoms with Gasteiger partial charge in [0.15, 0.2) is 0 Å². The van der Waals surface area contributed by atoms with Gasteiger partial charge in [0.2, 0.25) is 0 Å². The molecule has 0 saturated carbocycles. The molecule has 14 heavy (non-hydrogen) atoms. The molecule has 0 aliphatic rings. The van der Waals surface area contributed by atoms with Crippen LogP contribution in [0.1, 0.15) is 18.1 Å². The van der Waals surface area contributed by atoms with Crippen LogP contribution in [0.4, 0.5) is 5.69 Å². The molecule has 1 atom stereocenters. The number of rotatable bonds is 3. The molecule has 3 nitrogen and oxygen atoms in total. The molecule has 0 aromatic heterocycles. The Hall–Kier alpha value is -0.900. The molecule has 1 aromatic rings. The van der Waals surface area contributed by atoms with Crippen LogP contribution in [-0.4, -0.2) is 9.75 Å². The zero-order chi connectivity index (χ0) is 10.7. The highest BCUT2D eigenvalue weighted by Gasteiger charge is 2.10. The molecule has 1 unspecified atom stereocenters. The lowest BCUT2D eigenvalue weighted by Gasteiger charge is -2.04. The van der Waals surface area contributed by atoms with Gasteiger partial charge in [0.05, 0.1) is 4.92 Å². The Kier molecular flexibility index (Phi) is 3.63. The highest BCUT2D eigenvalue weighted by molar-refractivity contribution is 9.09. The molecule has 1 aromatic carbocycles. The zero-order valence-electron chi connectivity index (χ0n) is 8.16. The molecule has 0 aliphatic heterocycles. The summed E-state index contributed by atoms with van der Waals surface area (Å²) in [5, 5.41) is 10.6. The van der Waals surface area contributed by atoms with Crippen molar-refractivity contribution in [3.8, 4) is 0 Å². The second-order valence-electron chi connectivity index (χ2n) is 3.36. The number of halogens is 1. The first-order chi connectivity index (χ1) is 6.50. The molecule has 0 bridgehead atoms. The second kappa shape index (κ2) is 4.55. The predicted molar refractivity (Wildman–Crippen MR) is 59.9 cm³/mol. The fraction of sp³-hybridized carbons (Fsp3) is 0.400. The smallest absolute Gasteiger partial charge is 0.258 e. The lowest BCUT2D eigenvalue weighted by Crippen LogP contribution is -1.98. The maximum absolute atomic E-state index is 10.6. The summed E-state index contributed by atoms with van der Waals surface area (Å²) in [4.78, 5) is 10.6. The highest BCUT2D eigenvalue weighted by atomic mass is 79.9. The number of hydrogen-bond donors (Lipinski definition) is 0. The summed E-state index contributed by atoms with van der Waals surface area (Å²) in [6, 6.07) is 5.25. The Bertz CT molecular complexity index is 350. The summed E-state index contributed by atoms with van der Waals surface area (Å²) in [6.45, 7) is 3.82. The van der Waals surface area contributed by atoms with E-state index in [0.29, 0.717) is 4.83 Å². The lowest BCUT2D eigenvalue weighted by atomic mass is 10.1. The molecule has 0 radical (unpaired) electrons. The van der Waals surface area contributed by atoms with Crippen LogP contribution in [-0.2, 0) is 6.42 Å². The summed E-state index contributed by atoms with van der Waals surface area (Å²) >= 11 is 3.45. The largest absolute Gasteiger partial charge is 0.272 e. The van der Waals surface area contributed by atoms with Crippen LogP contribution in [0.25, 0.3) is 0 Å². The fourth-order valence-electron chi connectivity index (χ4n) is 1.37. The van der Waals surface area contributed by atoms with Crippen molar-refractivity contribution in [3.05, 3.63) is 39.4 Å². The zero-order valence-corrected chi connectivity index (χ0v) is 9.74. The Balaban J connectivity index is 2.94. The SMILES string of the molecule is Cc1cc(CC(C)Br)ccc1[N+](=O)[O-]. The molecule has 0 N–H and O–H groups in total. The Morgan fingerprint density at radius 1 is 1.57 bits per heavy atom. The van der Waals surface area contributed by atoms with Gasteiger partial charge >= 0.3 is 0 Å². The molecular weight excluding hydrogens is 246 g/mol. The average Bonchev–Trinajstić information content (AvgIpc) is 2.01. The Morgan fingerprint density at radius 3 is 2.64 bits per heavy atom. The molecule has 0 saturated heterocycles. The molecule has 0 aliphatic carbocycles. The standard InChI is InChI=1S/C10H12BrNO2/c1-7-5-9(6-8(2)11)3-4-10(7)12(13)14/h3-5,8H,6H2,1-2H3. The minimum Gasteiger partial charge on any atom is -0.258 e. The van der Waals surface area contributed by atoms with Gasteiger partial charge in [-0.05, 0) is 25.0 Å². The lowest BCUT2D eigenvalue weighted by molar-refractivity contribution is -0.385. The first kappa shape index (κ1) is 11.2. The van der Waals surface area contributed by atoms with Crippen molar-refractivity contribution >= 4 is 21.6 Å². The van der Waals surface area contributed by atoms with Gasteiger partial charge in [-0.1, -0.05) is 28.9 Å². The van der Waals surface area contributed by atoms with Crippen LogP contribution in [0.5, 0.6) is 0 Å². The normalized spacial score (nSPS) is 12.5. The summed E-state index contributed by atoms with van der Waals surface area (Å²) in [6.07, 6.45) is 0.888. The molecular formula is C10H12BrNO2. The van der Waals surface area contributed by atoms with Gasteiger partial charge in [-0.3, -0.25) is 10.1 Å². The number of nitrogens with zero attached hydrogens (tertiary/aromatic N) is 1. The minimum absolute atomic E-state index is 0.191. The maximum atomic E-state index is 10.6. The number of alkyl halides is 1. The maximum Gasteiger partial charge on any atom is 0.272 e. The van der Waals surface area contributed by atoms with Gasteiger partial charge < -0.3 is 0 Å². The number of benzene rings is 1. The van der Waals surface area contributed by atoms with Crippen LogP contribution >= 0.6 is 15.9 Å². The molecule has 76 valence electrons. The number of aryl methyl sites for hydroxylation is 1. The van der Waals surface area contributed by atoms with E-state index in [-0.39, 0.29) is 10.6 Å². The van der Waals surface area contributed by atoms with E-state index in [2.05, 4.69) is 22.9 Å². The van der Waals surface area contributed by atoms with Crippen molar-refractivity contribution in [2.45, 2.75) is 25.1 Å². The van der Waals surface area contributed by atoms with Gasteiger partial charge in [-0.25, -0.2) is 0 Å². The van der Waals surface area contributed by atoms with Gasteiger partial charge in [-0.2, -0.15) is 0 Å². The van der Waals surface area contributed by atoms with E-state index in [1.807, 2.05) is 12.1 Å². The summed E-state index contributed by atoms with van der Waals surface area (Å²) in [5.41, 5.74) is 2.04. The second-order valence-corrected chi connectivity index (χ2v) is 4.93. The summed E-state index contributed by atoms with van der Waals surface area (Å²) < 4.78 is 0. The van der Waals surface area contributed by atoms with Crippen LogP contribution in [0.15, 0.2) is 18.2 Å². The van der Waals surface area contributed by atoms with Crippen LogP contribution in [0.2, 0.25) is 0 Å². The van der Waals surface area contributed by atoms with Crippen molar-refractivity contribution in [1.82, 2.24) is 0 Å². The third-order valence-corrected chi connectivity index (χ3v) is 2.30. The van der Waals surface area contributed by atoms with Crippen LogP contribution in [0.3, 0.4) is 0 Å². The topological polar surface area (TPSA) is 43.1 Å². The summed E-state index contributed by atoms with van der Waals surface area (Å²) in [5.74, 6) is 0. The monoisotopic (exact) mass is 257 g/mol. The first-order valence-electron chi connectivity index (χ1n) is 4.38. The molecule has 0 amide bonds. The number of nitro benzene ring substituents is 1. The minimum atomic E-state index is -0.351. The molecule has 4 heteroatoms. The van der Waals surface area contributed by atoms with E-state index in [1.165, 1.54) is 0 Å². The van der Waals surface area contributed by atoms with Gasteiger partial charge in [0.1, 0.15) is 0 Å². The Morgan fingerprint density at radius 2 is 2.21 bits per heavy atom. The first-order valence-corrected chi connectivity index (χ1v) is 5.30. The van der Waals surface area contributed by atoms with Crippen LogP contribution in [0, 0.1) is 17.0 Å². The number of nitro groups is 1. The quantitative estimate of drug-likeness (QED) is 0.474. The van der Waals surface area contributed by atoms with E-state index in [0.717, 1.165) is 17.5 Å². The third kappa shape index (κ3) is 2.80. The average molecular weight is 258 g/mol. The van der Waals surface area contributed by atoms with Crippen molar-refractivity contribution in [2.24, 2.45) is 0 Å². The molecule has 0 heterocycles. The van der Waals surface area contributed by atoms with Gasteiger partial charge in [0, 0.05) is 16.5 Å². The van der Waals surface area contributed by atoms with E-state index >= 15 is 0 Å². The van der Waals surface area contributed by atoms with Gasteiger partial charge in [0.25, 0.3) is 5.69 Å². The van der Waals surface area contributed by atoms with E-state index in [4.69, 9.17) is 0 Å². The van der Waals surface area contributed by atoms with Crippen molar-refractivity contribution < 1.29 is 4.92 Å². The highest BCUT2D eigenvalue weighted by Crippen LogP contribution is 2.20. The molecule has 0 fully saturated rings. The molecule has 0 spiro atoms. The fourth-order valence-corrected chi connectivity index (χ4v) is 1.75. The Labute approximate surface area is 91.4 Å². The predicted octanol–water partition coefficient (Wildman–Crippen LogP) is 3.23. The van der Waals surface area contributed by atoms with Crippen LogP contribution < -0.4 is 0 Å². The molecule has 1 rings (SSSR count). The summed E-state index contributed by atoms with van der Waals surface area (Å²) in [7, 11) is 0.